The van der Waals surface area contributed by atoms with Crippen molar-refractivity contribution in [2.45, 2.75) is 44.4 Å². The van der Waals surface area contributed by atoms with Crippen molar-refractivity contribution in [3.8, 4) is 0 Å². The molecule has 0 N–H and O–H groups in total. The average molecular weight is 290 g/mol. The first-order valence-corrected chi connectivity index (χ1v) is 7.72. The van der Waals surface area contributed by atoms with Gasteiger partial charge in [-0.1, -0.05) is 6.07 Å². The highest BCUT2D eigenvalue weighted by atomic mass is 16.5. The highest BCUT2D eigenvalue weighted by molar-refractivity contribution is 5.78. The molecule has 0 radical (unpaired) electrons. The van der Waals surface area contributed by atoms with Crippen LogP contribution in [0, 0.1) is 0 Å². The van der Waals surface area contributed by atoms with Crippen LogP contribution in [0.15, 0.2) is 24.4 Å². The van der Waals surface area contributed by atoms with E-state index in [1.54, 1.807) is 6.20 Å². The van der Waals surface area contributed by atoms with Gasteiger partial charge in [0, 0.05) is 25.0 Å². The quantitative estimate of drug-likeness (QED) is 0.841. The molecule has 2 heterocycles. The summed E-state index contributed by atoms with van der Waals surface area (Å²) in [5.41, 5.74) is 0.815. The van der Waals surface area contributed by atoms with Gasteiger partial charge in [-0.05, 0) is 31.9 Å². The minimum absolute atomic E-state index is 0.0187. The third-order valence-electron chi connectivity index (χ3n) is 4.30. The molecule has 1 saturated carbocycles. The lowest BCUT2D eigenvalue weighted by molar-refractivity contribution is -0.135. The Morgan fingerprint density at radius 1 is 1.48 bits per heavy atom. The van der Waals surface area contributed by atoms with Gasteiger partial charge in [0.15, 0.2) is 0 Å². The number of fused-ring (bicyclic) bond motifs is 2. The Bertz CT molecular complexity index is 480. The summed E-state index contributed by atoms with van der Waals surface area (Å²) in [6.07, 6.45) is 4.17. The molecule has 114 valence electrons. The number of amides is 1. The van der Waals surface area contributed by atoms with Gasteiger partial charge < -0.3 is 14.4 Å². The smallest absolute Gasteiger partial charge is 0.229 e. The first-order chi connectivity index (χ1) is 10.3. The fourth-order valence-electron chi connectivity index (χ4n) is 3.37. The van der Waals surface area contributed by atoms with Gasteiger partial charge in [-0.15, -0.1) is 0 Å². The molecule has 1 aromatic heterocycles. The predicted octanol–water partition coefficient (Wildman–Crippen LogP) is 1.42. The Balaban J connectivity index is 1.72. The summed E-state index contributed by atoms with van der Waals surface area (Å²) in [5, 5.41) is 0. The molecule has 1 saturated heterocycles. The van der Waals surface area contributed by atoms with Gasteiger partial charge in [0.1, 0.15) is 6.10 Å². The Morgan fingerprint density at radius 3 is 3.14 bits per heavy atom. The van der Waals surface area contributed by atoms with Crippen molar-refractivity contribution in [2.24, 2.45) is 0 Å². The largest absolute Gasteiger partial charge is 0.374 e. The van der Waals surface area contributed by atoms with Crippen molar-refractivity contribution in [1.82, 2.24) is 9.88 Å². The molecule has 0 spiro atoms. The minimum atomic E-state index is 0.0187. The number of pyridine rings is 1. The molecule has 1 amide bonds. The molecule has 0 aromatic carbocycles. The lowest BCUT2D eigenvalue weighted by atomic mass is 10.1. The Morgan fingerprint density at radius 2 is 2.38 bits per heavy atom. The number of carbonyl (C=O) groups excluding carboxylic acids is 1. The van der Waals surface area contributed by atoms with Crippen LogP contribution < -0.4 is 0 Å². The van der Waals surface area contributed by atoms with E-state index in [-0.39, 0.29) is 24.2 Å². The summed E-state index contributed by atoms with van der Waals surface area (Å²) in [7, 11) is 0. The predicted molar refractivity (Wildman–Crippen MR) is 77.8 cm³/mol. The Kier molecular flexibility index (Phi) is 4.51. The maximum Gasteiger partial charge on any atom is 0.229 e. The molecule has 1 aliphatic heterocycles. The fourth-order valence-corrected chi connectivity index (χ4v) is 3.37. The first-order valence-electron chi connectivity index (χ1n) is 7.72. The normalized spacial score (nSPS) is 28.4. The van der Waals surface area contributed by atoms with E-state index >= 15 is 0 Å². The third-order valence-corrected chi connectivity index (χ3v) is 4.30. The third kappa shape index (κ3) is 3.09. The molecular weight excluding hydrogens is 268 g/mol. The molecule has 2 bridgehead atoms. The van der Waals surface area contributed by atoms with E-state index in [1.807, 2.05) is 30.0 Å². The van der Waals surface area contributed by atoms with Crippen molar-refractivity contribution in [1.29, 1.82) is 0 Å². The molecule has 2 aliphatic rings. The summed E-state index contributed by atoms with van der Waals surface area (Å²) in [6, 6.07) is 5.81. The lowest BCUT2D eigenvalue weighted by Gasteiger charge is -2.31. The molecule has 2 fully saturated rings. The van der Waals surface area contributed by atoms with Crippen LogP contribution in [-0.4, -0.2) is 53.8 Å². The van der Waals surface area contributed by atoms with Crippen molar-refractivity contribution < 1.29 is 14.3 Å². The summed E-state index contributed by atoms with van der Waals surface area (Å²) >= 11 is 0. The topological polar surface area (TPSA) is 51.7 Å². The highest BCUT2D eigenvalue weighted by Gasteiger charge is 2.44. The van der Waals surface area contributed by atoms with E-state index < -0.39 is 0 Å². The number of rotatable bonds is 4. The molecule has 5 nitrogen and oxygen atoms in total. The lowest BCUT2D eigenvalue weighted by Crippen LogP contribution is -2.47. The van der Waals surface area contributed by atoms with Crippen LogP contribution in [0.3, 0.4) is 0 Å². The van der Waals surface area contributed by atoms with E-state index in [2.05, 4.69) is 4.98 Å². The van der Waals surface area contributed by atoms with Crippen LogP contribution in [0.5, 0.6) is 0 Å². The summed E-state index contributed by atoms with van der Waals surface area (Å²) in [4.78, 5) is 18.8. The zero-order valence-electron chi connectivity index (χ0n) is 12.4. The average Bonchev–Trinajstić information content (AvgIpc) is 2.76. The van der Waals surface area contributed by atoms with Crippen LogP contribution in [0.25, 0.3) is 0 Å². The second-order valence-electron chi connectivity index (χ2n) is 5.56. The van der Waals surface area contributed by atoms with E-state index in [1.165, 1.54) is 0 Å². The zero-order chi connectivity index (χ0) is 14.7. The molecule has 0 unspecified atom stereocenters. The van der Waals surface area contributed by atoms with Gasteiger partial charge in [0.05, 0.1) is 25.2 Å². The number of carbonyl (C=O) groups is 1. The second-order valence-corrected chi connectivity index (χ2v) is 5.56. The van der Waals surface area contributed by atoms with Gasteiger partial charge >= 0.3 is 0 Å². The van der Waals surface area contributed by atoms with Gasteiger partial charge in [0.25, 0.3) is 0 Å². The van der Waals surface area contributed by atoms with E-state index in [0.29, 0.717) is 26.2 Å². The van der Waals surface area contributed by atoms with Crippen molar-refractivity contribution in [3.63, 3.8) is 0 Å². The van der Waals surface area contributed by atoms with Gasteiger partial charge in [0.2, 0.25) is 5.91 Å². The number of hydrogen-bond acceptors (Lipinski definition) is 4. The van der Waals surface area contributed by atoms with Crippen LogP contribution in [0.1, 0.15) is 25.5 Å². The molecule has 5 heteroatoms. The maximum absolute atomic E-state index is 12.6. The number of nitrogens with zero attached hydrogens (tertiary/aromatic N) is 2. The summed E-state index contributed by atoms with van der Waals surface area (Å²) < 4.78 is 11.7. The number of aromatic nitrogens is 1. The zero-order valence-corrected chi connectivity index (χ0v) is 12.4. The minimum Gasteiger partial charge on any atom is -0.374 e. The Hall–Kier alpha value is -1.46. The standard InChI is InChI=1S/C16H22N2O3/c1-2-20-16-13-6-7-14(16)21-10-9-18(13)15(19)11-12-5-3-4-8-17-12/h3-5,8,13-14,16H,2,6-7,9-11H2,1H3/t13-,14-,16+/m1/s1. The van der Waals surface area contributed by atoms with Gasteiger partial charge in [-0.25, -0.2) is 0 Å². The highest BCUT2D eigenvalue weighted by Crippen LogP contribution is 2.32. The summed E-state index contributed by atoms with van der Waals surface area (Å²) in [6.45, 7) is 3.89. The molecule has 3 rings (SSSR count). The molecule has 3 atom stereocenters. The fraction of sp³-hybridized carbons (Fsp3) is 0.625. The van der Waals surface area contributed by atoms with Gasteiger partial charge in [-0.3, -0.25) is 9.78 Å². The molecular formula is C16H22N2O3. The van der Waals surface area contributed by atoms with E-state index in [9.17, 15) is 4.79 Å². The Labute approximate surface area is 125 Å². The molecule has 21 heavy (non-hydrogen) atoms. The monoisotopic (exact) mass is 290 g/mol. The van der Waals surface area contributed by atoms with E-state index in [4.69, 9.17) is 9.47 Å². The van der Waals surface area contributed by atoms with Crippen LogP contribution in [0.4, 0.5) is 0 Å². The number of hydrogen-bond donors (Lipinski definition) is 0. The van der Waals surface area contributed by atoms with Crippen molar-refractivity contribution in [3.05, 3.63) is 30.1 Å². The second kappa shape index (κ2) is 6.54. The summed E-state index contributed by atoms with van der Waals surface area (Å²) in [5.74, 6) is 0.120. The van der Waals surface area contributed by atoms with E-state index in [0.717, 1.165) is 18.5 Å². The maximum atomic E-state index is 12.6. The van der Waals surface area contributed by atoms with Gasteiger partial charge in [-0.2, -0.15) is 0 Å². The van der Waals surface area contributed by atoms with Crippen molar-refractivity contribution in [2.75, 3.05) is 19.8 Å². The van der Waals surface area contributed by atoms with Crippen molar-refractivity contribution >= 4 is 5.91 Å². The van der Waals surface area contributed by atoms with Crippen LogP contribution in [-0.2, 0) is 20.7 Å². The molecule has 1 aromatic rings. The van der Waals surface area contributed by atoms with Crippen LogP contribution >= 0.6 is 0 Å². The SMILES string of the molecule is CCO[C@H]1[C@H]2CC[C@H]1OCCN2C(=O)Cc1ccccn1. The number of ether oxygens (including phenoxy) is 2. The van der Waals surface area contributed by atoms with Crippen LogP contribution in [0.2, 0.25) is 0 Å². The first kappa shape index (κ1) is 14.5. The molecule has 1 aliphatic carbocycles.